The molecule has 0 amide bonds. The van der Waals surface area contributed by atoms with Crippen molar-refractivity contribution in [3.63, 3.8) is 0 Å². The van der Waals surface area contributed by atoms with Gasteiger partial charge in [-0.2, -0.15) is 4.39 Å². The lowest BCUT2D eigenvalue weighted by molar-refractivity contribution is 0.567. The summed E-state index contributed by atoms with van der Waals surface area (Å²) in [4.78, 5) is 7.19. The van der Waals surface area contributed by atoms with Crippen LogP contribution in [0, 0.1) is 12.9 Å². The largest absolute Gasteiger partial charge is 0.240 e. The number of rotatable bonds is 0. The summed E-state index contributed by atoms with van der Waals surface area (Å²) in [5, 5.41) is 0. The van der Waals surface area contributed by atoms with Crippen molar-refractivity contribution in [2.75, 3.05) is 0 Å². The van der Waals surface area contributed by atoms with Gasteiger partial charge in [-0.15, -0.1) is 0 Å². The lowest BCUT2D eigenvalue weighted by Gasteiger charge is -1.91. The Morgan fingerprint density at radius 2 is 2.33 bits per heavy atom. The highest BCUT2D eigenvalue weighted by molar-refractivity contribution is 9.10. The molecule has 0 saturated carbocycles. The zero-order chi connectivity index (χ0) is 6.85. The molecule has 48 valence electrons. The summed E-state index contributed by atoms with van der Waals surface area (Å²) in [7, 11) is 0. The van der Waals surface area contributed by atoms with Crippen molar-refractivity contribution in [2.45, 2.75) is 6.92 Å². The minimum absolute atomic E-state index is 0.299. The maximum Gasteiger partial charge on any atom is 0.230 e. The van der Waals surface area contributed by atoms with Gasteiger partial charge in [0, 0.05) is 6.20 Å². The van der Waals surface area contributed by atoms with Crippen LogP contribution in [0.5, 0.6) is 0 Å². The normalized spacial score (nSPS) is 9.67. The van der Waals surface area contributed by atoms with E-state index in [4.69, 9.17) is 0 Å². The monoisotopic (exact) mass is 190 g/mol. The third kappa shape index (κ3) is 1.45. The molecule has 0 spiro atoms. The summed E-state index contributed by atoms with van der Waals surface area (Å²) in [6.45, 7) is 1.63. The Labute approximate surface area is 60.3 Å². The highest BCUT2D eigenvalue weighted by Crippen LogP contribution is 2.09. The van der Waals surface area contributed by atoms with Crippen LogP contribution in [0.3, 0.4) is 0 Å². The van der Waals surface area contributed by atoms with E-state index >= 15 is 0 Å². The predicted molar refractivity (Wildman–Crippen MR) is 34.4 cm³/mol. The fourth-order valence-electron chi connectivity index (χ4n) is 0.428. The zero-order valence-electron chi connectivity index (χ0n) is 4.73. The average molecular weight is 191 g/mol. The zero-order valence-corrected chi connectivity index (χ0v) is 6.31. The van der Waals surface area contributed by atoms with Gasteiger partial charge in [0.15, 0.2) is 0 Å². The molecule has 0 fully saturated rings. The topological polar surface area (TPSA) is 25.8 Å². The Morgan fingerprint density at radius 1 is 1.67 bits per heavy atom. The Balaban J connectivity index is 3.17. The van der Waals surface area contributed by atoms with Gasteiger partial charge >= 0.3 is 0 Å². The maximum atomic E-state index is 12.4. The van der Waals surface area contributed by atoms with Crippen molar-refractivity contribution < 1.29 is 4.39 Å². The summed E-state index contributed by atoms with van der Waals surface area (Å²) in [5.74, 6) is -0.0711. The van der Waals surface area contributed by atoms with Gasteiger partial charge in [0.25, 0.3) is 0 Å². The number of nitrogens with zero attached hydrogens (tertiary/aromatic N) is 2. The third-order valence-electron chi connectivity index (χ3n) is 0.822. The van der Waals surface area contributed by atoms with Crippen LogP contribution in [0.15, 0.2) is 10.7 Å². The molecule has 0 aliphatic heterocycles. The summed E-state index contributed by atoms with van der Waals surface area (Å²) in [5.41, 5.74) is 0. The van der Waals surface area contributed by atoms with Crippen LogP contribution in [0.4, 0.5) is 4.39 Å². The van der Waals surface area contributed by atoms with E-state index in [1.54, 1.807) is 6.92 Å². The number of halogens is 2. The standard InChI is InChI=1S/C5H4BrFN2/c1-3-8-2-4(6)5(7)9-3/h2H,1H3. The van der Waals surface area contributed by atoms with E-state index in [9.17, 15) is 4.39 Å². The molecule has 0 atom stereocenters. The molecule has 0 radical (unpaired) electrons. The highest BCUT2D eigenvalue weighted by Gasteiger charge is 1.98. The van der Waals surface area contributed by atoms with Gasteiger partial charge in [-0.25, -0.2) is 9.97 Å². The van der Waals surface area contributed by atoms with Crippen molar-refractivity contribution in [3.8, 4) is 0 Å². The lowest BCUT2D eigenvalue weighted by atomic mass is 10.6. The fraction of sp³-hybridized carbons (Fsp3) is 0.200. The summed E-state index contributed by atoms with van der Waals surface area (Å²) < 4.78 is 12.7. The molecule has 0 bridgehead atoms. The van der Waals surface area contributed by atoms with E-state index in [2.05, 4.69) is 25.9 Å². The number of hydrogen-bond donors (Lipinski definition) is 0. The molecule has 1 heterocycles. The molecule has 9 heavy (non-hydrogen) atoms. The minimum atomic E-state index is -0.512. The van der Waals surface area contributed by atoms with Crippen LogP contribution in [-0.4, -0.2) is 9.97 Å². The molecule has 2 nitrogen and oxygen atoms in total. The van der Waals surface area contributed by atoms with Crippen molar-refractivity contribution in [3.05, 3.63) is 22.4 Å². The molecule has 0 aliphatic carbocycles. The van der Waals surface area contributed by atoms with E-state index in [0.29, 0.717) is 10.3 Å². The van der Waals surface area contributed by atoms with E-state index < -0.39 is 5.95 Å². The third-order valence-corrected chi connectivity index (χ3v) is 1.35. The fourth-order valence-corrected chi connectivity index (χ4v) is 0.619. The minimum Gasteiger partial charge on any atom is -0.240 e. The summed E-state index contributed by atoms with van der Waals surface area (Å²) >= 11 is 2.93. The SMILES string of the molecule is Cc1ncc(Br)c(F)n1. The first kappa shape index (κ1) is 6.61. The van der Waals surface area contributed by atoms with E-state index in [1.165, 1.54) is 6.20 Å². The maximum absolute atomic E-state index is 12.4. The first-order chi connectivity index (χ1) is 4.20. The molecule has 0 unspecified atom stereocenters. The van der Waals surface area contributed by atoms with E-state index in [-0.39, 0.29) is 0 Å². The van der Waals surface area contributed by atoms with Gasteiger partial charge in [-0.05, 0) is 22.9 Å². The quantitative estimate of drug-likeness (QED) is 0.583. The van der Waals surface area contributed by atoms with E-state index in [1.807, 2.05) is 0 Å². The van der Waals surface area contributed by atoms with Gasteiger partial charge in [0.2, 0.25) is 5.95 Å². The van der Waals surface area contributed by atoms with Crippen LogP contribution in [-0.2, 0) is 0 Å². The van der Waals surface area contributed by atoms with Crippen LogP contribution in [0.2, 0.25) is 0 Å². The first-order valence-corrected chi connectivity index (χ1v) is 3.14. The molecule has 0 aromatic carbocycles. The number of aryl methyl sites for hydroxylation is 1. The second kappa shape index (κ2) is 2.39. The highest BCUT2D eigenvalue weighted by atomic mass is 79.9. The van der Waals surface area contributed by atoms with Crippen molar-refractivity contribution >= 4 is 15.9 Å². The van der Waals surface area contributed by atoms with Crippen molar-refractivity contribution in [2.24, 2.45) is 0 Å². The van der Waals surface area contributed by atoms with Gasteiger partial charge in [0.1, 0.15) is 5.82 Å². The van der Waals surface area contributed by atoms with Crippen LogP contribution < -0.4 is 0 Å². The van der Waals surface area contributed by atoms with Gasteiger partial charge in [0.05, 0.1) is 4.47 Å². The van der Waals surface area contributed by atoms with Gasteiger partial charge in [-0.3, -0.25) is 0 Å². The first-order valence-electron chi connectivity index (χ1n) is 2.35. The predicted octanol–water partition coefficient (Wildman–Crippen LogP) is 1.69. The lowest BCUT2D eigenvalue weighted by Crippen LogP contribution is -1.90. The molecule has 0 N–H and O–H groups in total. The van der Waals surface area contributed by atoms with Crippen LogP contribution in [0.1, 0.15) is 5.82 Å². The molecule has 1 aromatic rings. The Morgan fingerprint density at radius 3 is 2.78 bits per heavy atom. The second-order valence-corrected chi connectivity index (χ2v) is 2.41. The summed E-state index contributed by atoms with van der Waals surface area (Å²) in [6.07, 6.45) is 1.39. The molecular weight excluding hydrogens is 187 g/mol. The van der Waals surface area contributed by atoms with E-state index in [0.717, 1.165) is 0 Å². The average Bonchev–Trinajstić information content (AvgIpc) is 1.80. The summed E-state index contributed by atoms with van der Waals surface area (Å²) in [6, 6.07) is 0. The van der Waals surface area contributed by atoms with Gasteiger partial charge < -0.3 is 0 Å². The molecule has 1 aromatic heterocycles. The Kier molecular flexibility index (Phi) is 1.75. The van der Waals surface area contributed by atoms with Crippen molar-refractivity contribution in [1.82, 2.24) is 9.97 Å². The molecule has 4 heteroatoms. The molecule has 1 rings (SSSR count). The smallest absolute Gasteiger partial charge is 0.230 e. The molecule has 0 saturated heterocycles. The Bertz CT molecular complexity index is 226. The number of hydrogen-bond acceptors (Lipinski definition) is 2. The van der Waals surface area contributed by atoms with Gasteiger partial charge in [-0.1, -0.05) is 0 Å². The van der Waals surface area contributed by atoms with Crippen LogP contribution in [0.25, 0.3) is 0 Å². The van der Waals surface area contributed by atoms with Crippen molar-refractivity contribution in [1.29, 1.82) is 0 Å². The molecular formula is C5H4BrFN2. The van der Waals surface area contributed by atoms with Crippen LogP contribution >= 0.6 is 15.9 Å². The number of aromatic nitrogens is 2. The Hall–Kier alpha value is -0.510. The molecule has 0 aliphatic rings. The second-order valence-electron chi connectivity index (χ2n) is 1.56.